The van der Waals surface area contributed by atoms with Crippen molar-refractivity contribution in [3.8, 4) is 27.9 Å². The van der Waals surface area contributed by atoms with Crippen molar-refractivity contribution in [3.63, 3.8) is 0 Å². The van der Waals surface area contributed by atoms with Gasteiger partial charge in [-0.1, -0.05) is 121 Å². The number of para-hydroxylation sites is 1. The van der Waals surface area contributed by atoms with E-state index >= 15 is 0 Å². The SMILES string of the molecule is Fc1ccc(-n2c3ccccc3c3cc(-c4cccc(N(c5ccc6c(c5)C5(Cc7ccccc7C5)c5ccccc5-6)c5ccc6ccccc6c5)c4)ccc32)cc1. The zero-order valence-electron chi connectivity index (χ0n) is 31.7. The third kappa shape index (κ3) is 4.96. The summed E-state index contributed by atoms with van der Waals surface area (Å²) in [5.74, 6) is -0.238. The number of halogens is 1. The van der Waals surface area contributed by atoms with Crippen LogP contribution < -0.4 is 4.90 Å². The van der Waals surface area contributed by atoms with Gasteiger partial charge in [0.15, 0.2) is 0 Å². The number of nitrogens with zero attached hydrogens (tertiary/aromatic N) is 2. The van der Waals surface area contributed by atoms with Crippen molar-refractivity contribution in [1.82, 2.24) is 4.57 Å². The largest absolute Gasteiger partial charge is 0.310 e. The zero-order valence-corrected chi connectivity index (χ0v) is 31.7. The molecule has 0 radical (unpaired) electrons. The molecule has 0 atom stereocenters. The lowest BCUT2D eigenvalue weighted by atomic mass is 9.75. The minimum atomic E-state index is -0.238. The molecule has 9 aromatic carbocycles. The van der Waals surface area contributed by atoms with Crippen molar-refractivity contribution in [1.29, 1.82) is 0 Å². The first-order valence-corrected chi connectivity index (χ1v) is 20.1. The smallest absolute Gasteiger partial charge is 0.123 e. The topological polar surface area (TPSA) is 8.17 Å². The minimum absolute atomic E-state index is 0.106. The summed E-state index contributed by atoms with van der Waals surface area (Å²) in [5.41, 5.74) is 17.1. The third-order valence-corrected chi connectivity index (χ3v) is 12.8. The standard InChI is InChI=1S/C55H37FN2/c56-42-22-25-43(26-23-42)58-53-19-8-6-17-49(53)50-32-39(21-29-54(50)58)38-14-9-15-44(31-38)57(45-24-20-36-10-1-2-11-37(36)30-45)46-27-28-48-47-16-5-7-18-51(47)55(52(48)33-46)34-40-12-3-4-13-41(40)35-55/h1-33H,34-35H2. The number of benzene rings is 9. The van der Waals surface area contributed by atoms with Gasteiger partial charge in [-0.15, -0.1) is 0 Å². The summed E-state index contributed by atoms with van der Waals surface area (Å²) in [6, 6.07) is 71.6. The van der Waals surface area contributed by atoms with Gasteiger partial charge in [0.2, 0.25) is 0 Å². The second-order valence-electron chi connectivity index (χ2n) is 16.0. The van der Waals surface area contributed by atoms with E-state index in [9.17, 15) is 4.39 Å². The van der Waals surface area contributed by atoms with Crippen LogP contribution >= 0.6 is 0 Å². The summed E-state index contributed by atoms with van der Waals surface area (Å²) in [4.78, 5) is 2.44. The molecule has 0 fully saturated rings. The first kappa shape index (κ1) is 33.0. The molecule has 0 amide bonds. The monoisotopic (exact) mass is 744 g/mol. The van der Waals surface area contributed by atoms with Crippen LogP contribution in [0.2, 0.25) is 0 Å². The average molecular weight is 745 g/mol. The first-order valence-electron chi connectivity index (χ1n) is 20.1. The molecule has 0 bridgehead atoms. The van der Waals surface area contributed by atoms with Crippen LogP contribution in [0.15, 0.2) is 200 Å². The van der Waals surface area contributed by atoms with Crippen molar-refractivity contribution >= 4 is 49.6 Å². The van der Waals surface area contributed by atoms with Gasteiger partial charge in [0.25, 0.3) is 0 Å². The Bertz CT molecular complexity index is 3240. The Morgan fingerprint density at radius 1 is 0.431 bits per heavy atom. The van der Waals surface area contributed by atoms with E-state index in [0.717, 1.165) is 63.1 Å². The van der Waals surface area contributed by atoms with Crippen LogP contribution in [-0.2, 0) is 18.3 Å². The van der Waals surface area contributed by atoms with Gasteiger partial charge in [-0.05, 0) is 147 Å². The van der Waals surface area contributed by atoms with Crippen LogP contribution in [0.4, 0.5) is 21.5 Å². The molecule has 3 heteroatoms. The fourth-order valence-corrected chi connectivity index (χ4v) is 10.2. The second kappa shape index (κ2) is 12.6. The zero-order chi connectivity index (χ0) is 38.4. The van der Waals surface area contributed by atoms with E-state index in [2.05, 4.69) is 185 Å². The highest BCUT2D eigenvalue weighted by atomic mass is 19.1. The van der Waals surface area contributed by atoms with E-state index in [1.807, 2.05) is 12.1 Å². The maximum absolute atomic E-state index is 14.0. The van der Waals surface area contributed by atoms with Gasteiger partial charge >= 0.3 is 0 Å². The molecule has 1 spiro atoms. The molecular formula is C55H37FN2. The summed E-state index contributed by atoms with van der Waals surface area (Å²) in [7, 11) is 0. The van der Waals surface area contributed by atoms with Gasteiger partial charge in [0, 0.05) is 38.9 Å². The molecule has 0 aliphatic heterocycles. The Hall–Kier alpha value is -7.23. The van der Waals surface area contributed by atoms with Gasteiger partial charge in [-0.2, -0.15) is 0 Å². The van der Waals surface area contributed by atoms with Crippen molar-refractivity contribution < 1.29 is 4.39 Å². The molecule has 274 valence electrons. The first-order chi connectivity index (χ1) is 28.6. The minimum Gasteiger partial charge on any atom is -0.310 e. The van der Waals surface area contributed by atoms with Crippen molar-refractivity contribution in [2.75, 3.05) is 4.90 Å². The number of hydrogen-bond acceptors (Lipinski definition) is 1. The molecule has 12 rings (SSSR count). The lowest BCUT2D eigenvalue weighted by Gasteiger charge is -2.30. The molecular weight excluding hydrogens is 708 g/mol. The van der Waals surface area contributed by atoms with Gasteiger partial charge in [0.1, 0.15) is 5.82 Å². The maximum atomic E-state index is 14.0. The van der Waals surface area contributed by atoms with Crippen LogP contribution in [0, 0.1) is 5.82 Å². The molecule has 0 unspecified atom stereocenters. The Labute approximate surface area is 336 Å². The average Bonchev–Trinajstić information content (AvgIpc) is 3.92. The summed E-state index contributed by atoms with van der Waals surface area (Å²) >= 11 is 0. The Balaban J connectivity index is 1.02. The summed E-state index contributed by atoms with van der Waals surface area (Å²) in [5, 5.41) is 4.76. The third-order valence-electron chi connectivity index (χ3n) is 12.8. The van der Waals surface area contributed by atoms with Gasteiger partial charge in [0.05, 0.1) is 11.0 Å². The van der Waals surface area contributed by atoms with E-state index < -0.39 is 0 Å². The van der Waals surface area contributed by atoms with Crippen LogP contribution in [0.25, 0.3) is 60.5 Å². The van der Waals surface area contributed by atoms with Crippen LogP contribution in [0.5, 0.6) is 0 Å². The summed E-state index contributed by atoms with van der Waals surface area (Å²) < 4.78 is 16.2. The van der Waals surface area contributed by atoms with E-state index in [1.165, 1.54) is 61.7 Å². The van der Waals surface area contributed by atoms with Gasteiger partial charge < -0.3 is 9.47 Å². The number of rotatable bonds is 5. The molecule has 2 aliphatic carbocycles. The fraction of sp³-hybridized carbons (Fsp3) is 0.0545. The molecule has 1 aromatic heterocycles. The molecule has 2 aliphatic rings. The molecule has 0 saturated carbocycles. The van der Waals surface area contributed by atoms with Crippen molar-refractivity contribution in [2.24, 2.45) is 0 Å². The highest BCUT2D eigenvalue weighted by Gasteiger charge is 2.47. The molecule has 0 N–H and O–H groups in total. The number of anilines is 3. The predicted octanol–water partition coefficient (Wildman–Crippen LogP) is 14.3. The van der Waals surface area contributed by atoms with Crippen LogP contribution in [0.1, 0.15) is 22.3 Å². The van der Waals surface area contributed by atoms with E-state index in [1.54, 1.807) is 0 Å². The van der Waals surface area contributed by atoms with Crippen molar-refractivity contribution in [3.05, 3.63) is 228 Å². The quantitative estimate of drug-likeness (QED) is 0.170. The maximum Gasteiger partial charge on any atom is 0.123 e. The number of aromatic nitrogens is 1. The summed E-state index contributed by atoms with van der Waals surface area (Å²) in [6.07, 6.45) is 2.00. The number of hydrogen-bond donors (Lipinski definition) is 0. The fourth-order valence-electron chi connectivity index (χ4n) is 10.2. The van der Waals surface area contributed by atoms with Crippen LogP contribution in [0.3, 0.4) is 0 Å². The Morgan fingerprint density at radius 3 is 1.95 bits per heavy atom. The van der Waals surface area contributed by atoms with E-state index in [4.69, 9.17) is 0 Å². The van der Waals surface area contributed by atoms with E-state index in [-0.39, 0.29) is 11.2 Å². The highest BCUT2D eigenvalue weighted by Crippen LogP contribution is 2.56. The van der Waals surface area contributed by atoms with E-state index in [0.29, 0.717) is 0 Å². The van der Waals surface area contributed by atoms with Gasteiger partial charge in [-0.25, -0.2) is 4.39 Å². The predicted molar refractivity (Wildman–Crippen MR) is 238 cm³/mol. The van der Waals surface area contributed by atoms with Gasteiger partial charge in [-0.3, -0.25) is 0 Å². The molecule has 10 aromatic rings. The lowest BCUT2D eigenvalue weighted by Crippen LogP contribution is -2.26. The Morgan fingerprint density at radius 2 is 1.09 bits per heavy atom. The molecule has 58 heavy (non-hydrogen) atoms. The Kier molecular flexibility index (Phi) is 7.18. The molecule has 0 saturated heterocycles. The second-order valence-corrected chi connectivity index (χ2v) is 16.0. The normalized spacial score (nSPS) is 13.6. The number of fused-ring (bicyclic) bond motifs is 10. The lowest BCUT2D eigenvalue weighted by molar-refractivity contribution is 0.563. The van der Waals surface area contributed by atoms with Crippen LogP contribution in [-0.4, -0.2) is 4.57 Å². The van der Waals surface area contributed by atoms with Crippen molar-refractivity contribution in [2.45, 2.75) is 18.3 Å². The molecule has 1 heterocycles. The highest BCUT2D eigenvalue weighted by molar-refractivity contribution is 6.10. The summed E-state index contributed by atoms with van der Waals surface area (Å²) in [6.45, 7) is 0. The molecule has 2 nitrogen and oxygen atoms in total.